The Morgan fingerprint density at radius 1 is 1.20 bits per heavy atom. The van der Waals surface area contributed by atoms with E-state index in [1.807, 2.05) is 18.2 Å². The van der Waals surface area contributed by atoms with Crippen LogP contribution in [0.5, 0.6) is 5.75 Å². The molecule has 0 unspecified atom stereocenters. The van der Waals surface area contributed by atoms with Crippen molar-refractivity contribution >= 4 is 46.5 Å². The number of nitrogens with zero attached hydrogens (tertiary/aromatic N) is 5. The number of amides is 1. The van der Waals surface area contributed by atoms with Crippen molar-refractivity contribution in [2.45, 2.75) is 13.0 Å². The lowest BCUT2D eigenvalue weighted by atomic mass is 10.2. The highest BCUT2D eigenvalue weighted by Gasteiger charge is 2.19. The fraction of sp³-hybridized carbons (Fsp3) is 0.346. The Balaban J connectivity index is 1.36. The summed E-state index contributed by atoms with van der Waals surface area (Å²) in [5.41, 5.74) is 2.44. The molecule has 212 valence electrons. The summed E-state index contributed by atoms with van der Waals surface area (Å²) < 4.78 is 5.64. The van der Waals surface area contributed by atoms with Gasteiger partial charge in [-0.3, -0.25) is 15.0 Å². The Morgan fingerprint density at radius 3 is 2.73 bits per heavy atom. The summed E-state index contributed by atoms with van der Waals surface area (Å²) in [6.07, 6.45) is 1.26. The predicted molar refractivity (Wildman–Crippen MR) is 153 cm³/mol. The maximum absolute atomic E-state index is 11.0. The average molecular weight is 571 g/mol. The number of halogens is 1. The van der Waals surface area contributed by atoms with Crippen LogP contribution in [-0.4, -0.2) is 77.4 Å². The zero-order valence-corrected chi connectivity index (χ0v) is 22.7. The SMILES string of the molecule is COc1cc(N2CCN(CCCNC(=O)O)CC2)ccc1Nc1ncc(Cl)c(NCc2cccc([N+](=O)[O-])c2)n1. The molecule has 14 heteroatoms. The van der Waals surface area contributed by atoms with Crippen LogP contribution < -0.4 is 25.6 Å². The van der Waals surface area contributed by atoms with Gasteiger partial charge < -0.3 is 30.7 Å². The average Bonchev–Trinajstić information content (AvgIpc) is 2.96. The van der Waals surface area contributed by atoms with Gasteiger partial charge in [0.15, 0.2) is 5.82 Å². The Bertz CT molecular complexity index is 1340. The molecular formula is C26H31ClN8O5. The standard InChI is InChI=1S/C26H31ClN8O5/c1-40-23-15-19(34-12-10-33(11-13-34)9-3-8-28-26(36)37)6-7-22(23)31-25-30-17-21(27)24(32-25)29-16-18-4-2-5-20(14-18)35(38)39/h2,4-7,14-15,17,28H,3,8-13,16H2,1H3,(H,36,37)(H2,29,30,31,32). The minimum Gasteiger partial charge on any atom is -0.494 e. The number of rotatable bonds is 12. The molecule has 13 nitrogen and oxygen atoms in total. The summed E-state index contributed by atoms with van der Waals surface area (Å²) >= 11 is 6.29. The van der Waals surface area contributed by atoms with Crippen LogP contribution >= 0.6 is 11.6 Å². The number of anilines is 4. The third-order valence-electron chi connectivity index (χ3n) is 6.42. The minimum atomic E-state index is -0.991. The number of piperazine rings is 1. The summed E-state index contributed by atoms with van der Waals surface area (Å²) in [6.45, 7) is 5.07. The van der Waals surface area contributed by atoms with Crippen molar-refractivity contribution in [2.75, 3.05) is 61.9 Å². The third kappa shape index (κ3) is 7.83. The van der Waals surface area contributed by atoms with Crippen LogP contribution in [0.15, 0.2) is 48.7 Å². The Hall–Kier alpha value is -4.36. The number of carbonyl (C=O) groups is 1. The van der Waals surface area contributed by atoms with E-state index in [2.05, 4.69) is 35.7 Å². The molecule has 4 N–H and O–H groups in total. The Morgan fingerprint density at radius 2 is 2.00 bits per heavy atom. The number of benzene rings is 2. The molecule has 1 fully saturated rings. The molecule has 1 amide bonds. The second-order valence-electron chi connectivity index (χ2n) is 9.09. The van der Waals surface area contributed by atoms with Crippen molar-refractivity contribution in [1.29, 1.82) is 0 Å². The lowest BCUT2D eigenvalue weighted by molar-refractivity contribution is -0.384. The van der Waals surface area contributed by atoms with E-state index in [0.29, 0.717) is 46.9 Å². The van der Waals surface area contributed by atoms with E-state index < -0.39 is 11.0 Å². The van der Waals surface area contributed by atoms with Gasteiger partial charge in [0.1, 0.15) is 10.8 Å². The molecule has 1 aliphatic rings. The third-order valence-corrected chi connectivity index (χ3v) is 6.70. The van der Waals surface area contributed by atoms with E-state index in [1.165, 1.54) is 18.3 Å². The number of carboxylic acid groups (broad SMARTS) is 1. The molecule has 0 atom stereocenters. The molecule has 1 saturated heterocycles. The van der Waals surface area contributed by atoms with Gasteiger partial charge in [0, 0.05) is 63.2 Å². The van der Waals surface area contributed by atoms with Crippen LogP contribution in [0.1, 0.15) is 12.0 Å². The van der Waals surface area contributed by atoms with Crippen LogP contribution in [0, 0.1) is 10.1 Å². The predicted octanol–water partition coefficient (Wildman–Crippen LogP) is 4.18. The fourth-order valence-corrected chi connectivity index (χ4v) is 4.50. The van der Waals surface area contributed by atoms with Crippen molar-refractivity contribution < 1.29 is 19.6 Å². The van der Waals surface area contributed by atoms with Gasteiger partial charge in [-0.25, -0.2) is 9.78 Å². The first kappa shape index (κ1) is 28.6. The second kappa shape index (κ2) is 13.6. The smallest absolute Gasteiger partial charge is 0.404 e. The van der Waals surface area contributed by atoms with E-state index >= 15 is 0 Å². The molecule has 2 aromatic carbocycles. The van der Waals surface area contributed by atoms with Gasteiger partial charge in [-0.05, 0) is 30.7 Å². The number of nitro groups is 1. The fourth-order valence-electron chi connectivity index (χ4n) is 4.35. The van der Waals surface area contributed by atoms with Crippen molar-refractivity contribution in [1.82, 2.24) is 20.2 Å². The molecule has 40 heavy (non-hydrogen) atoms. The summed E-state index contributed by atoms with van der Waals surface area (Å²) in [5, 5.41) is 28.7. The van der Waals surface area contributed by atoms with Crippen LogP contribution in [0.25, 0.3) is 0 Å². The Kier molecular flexibility index (Phi) is 9.76. The lowest BCUT2D eigenvalue weighted by Crippen LogP contribution is -2.47. The number of aromatic nitrogens is 2. The van der Waals surface area contributed by atoms with E-state index in [4.69, 9.17) is 21.4 Å². The number of methoxy groups -OCH3 is 1. The molecule has 0 spiro atoms. The van der Waals surface area contributed by atoms with Crippen molar-refractivity contribution in [2.24, 2.45) is 0 Å². The van der Waals surface area contributed by atoms with Crippen molar-refractivity contribution in [3.8, 4) is 5.75 Å². The number of hydrogen-bond acceptors (Lipinski definition) is 10. The number of nitro benzene ring substituents is 1. The second-order valence-corrected chi connectivity index (χ2v) is 9.50. The largest absolute Gasteiger partial charge is 0.494 e. The van der Waals surface area contributed by atoms with E-state index in [0.717, 1.165) is 44.8 Å². The molecule has 0 saturated carbocycles. The topological polar surface area (TPSA) is 158 Å². The van der Waals surface area contributed by atoms with Crippen molar-refractivity contribution in [3.63, 3.8) is 0 Å². The van der Waals surface area contributed by atoms with Crippen molar-refractivity contribution in [3.05, 3.63) is 69.4 Å². The molecule has 4 rings (SSSR count). The van der Waals surface area contributed by atoms with Gasteiger partial charge in [0.2, 0.25) is 5.95 Å². The lowest BCUT2D eigenvalue weighted by Gasteiger charge is -2.36. The first-order valence-electron chi connectivity index (χ1n) is 12.7. The highest BCUT2D eigenvalue weighted by molar-refractivity contribution is 6.32. The summed E-state index contributed by atoms with van der Waals surface area (Å²) in [4.78, 5) is 34.5. The van der Waals surface area contributed by atoms with Crippen LogP contribution in [0.3, 0.4) is 0 Å². The monoisotopic (exact) mass is 570 g/mol. The van der Waals surface area contributed by atoms with Crippen LogP contribution in [0.4, 0.5) is 33.6 Å². The van der Waals surface area contributed by atoms with Gasteiger partial charge in [0.25, 0.3) is 5.69 Å². The molecule has 2 heterocycles. The number of nitrogens with one attached hydrogen (secondary N) is 3. The molecule has 1 aromatic heterocycles. The summed E-state index contributed by atoms with van der Waals surface area (Å²) in [5.74, 6) is 1.32. The number of ether oxygens (including phenoxy) is 1. The van der Waals surface area contributed by atoms with E-state index in [1.54, 1.807) is 19.2 Å². The number of hydrogen-bond donors (Lipinski definition) is 4. The molecular weight excluding hydrogens is 540 g/mol. The van der Waals surface area contributed by atoms with Gasteiger partial charge >= 0.3 is 6.09 Å². The molecule has 3 aromatic rings. The minimum absolute atomic E-state index is 0.0124. The highest BCUT2D eigenvalue weighted by atomic mass is 35.5. The zero-order valence-electron chi connectivity index (χ0n) is 22.0. The normalized spacial score (nSPS) is 13.5. The maximum Gasteiger partial charge on any atom is 0.404 e. The molecule has 0 radical (unpaired) electrons. The zero-order chi connectivity index (χ0) is 28.5. The molecule has 1 aliphatic heterocycles. The van der Waals surface area contributed by atoms with E-state index in [-0.39, 0.29) is 5.69 Å². The van der Waals surface area contributed by atoms with Gasteiger partial charge in [-0.2, -0.15) is 4.98 Å². The van der Waals surface area contributed by atoms with Gasteiger partial charge in [-0.15, -0.1) is 0 Å². The Labute approximate surface area is 236 Å². The maximum atomic E-state index is 11.0. The highest BCUT2D eigenvalue weighted by Crippen LogP contribution is 2.32. The first-order chi connectivity index (χ1) is 19.3. The van der Waals surface area contributed by atoms with Gasteiger partial charge in [-0.1, -0.05) is 23.7 Å². The van der Waals surface area contributed by atoms with E-state index in [9.17, 15) is 14.9 Å². The van der Waals surface area contributed by atoms with Gasteiger partial charge in [0.05, 0.1) is 23.9 Å². The summed E-state index contributed by atoms with van der Waals surface area (Å²) in [7, 11) is 1.60. The summed E-state index contributed by atoms with van der Waals surface area (Å²) in [6, 6.07) is 12.2. The molecule has 0 bridgehead atoms. The van der Waals surface area contributed by atoms with Crippen LogP contribution in [-0.2, 0) is 6.54 Å². The van der Waals surface area contributed by atoms with Crippen LogP contribution in [0.2, 0.25) is 5.02 Å². The number of non-ortho nitro benzene ring substituents is 1. The molecule has 0 aliphatic carbocycles. The quantitative estimate of drug-likeness (QED) is 0.140. The first-order valence-corrected chi connectivity index (χ1v) is 13.1.